The van der Waals surface area contributed by atoms with E-state index in [9.17, 15) is 4.79 Å². The average Bonchev–Trinajstić information content (AvgIpc) is 2.90. The number of fused-ring (bicyclic) bond motifs is 5. The van der Waals surface area contributed by atoms with Crippen molar-refractivity contribution in [2.24, 2.45) is 23.7 Å². The highest BCUT2D eigenvalue weighted by atomic mass is 79.9. The number of rotatable bonds is 2. The van der Waals surface area contributed by atoms with E-state index in [1.54, 1.807) is 0 Å². The number of amides is 1. The SMILES string of the molecule is O=C(CCBr)N1CC2C3CCC(C3)C2C1. The molecule has 4 atom stereocenters. The lowest BCUT2D eigenvalue weighted by atomic mass is 9.82. The number of carbonyl (C=O) groups is 1. The van der Waals surface area contributed by atoms with E-state index in [0.29, 0.717) is 12.3 Å². The van der Waals surface area contributed by atoms with Crippen LogP contribution in [0.5, 0.6) is 0 Å². The molecule has 3 aliphatic rings. The summed E-state index contributed by atoms with van der Waals surface area (Å²) in [4.78, 5) is 13.9. The fraction of sp³-hybridized carbons (Fsp3) is 0.917. The van der Waals surface area contributed by atoms with E-state index < -0.39 is 0 Å². The number of hydrogen-bond acceptors (Lipinski definition) is 1. The zero-order valence-corrected chi connectivity index (χ0v) is 10.6. The molecule has 3 fully saturated rings. The average molecular weight is 272 g/mol. The summed E-state index contributed by atoms with van der Waals surface area (Å²) in [5.74, 6) is 4.01. The van der Waals surface area contributed by atoms with Crippen LogP contribution in [-0.2, 0) is 4.79 Å². The van der Waals surface area contributed by atoms with Gasteiger partial charge in [0.2, 0.25) is 5.91 Å². The molecule has 3 heteroatoms. The monoisotopic (exact) mass is 271 g/mol. The number of alkyl halides is 1. The summed E-state index contributed by atoms with van der Waals surface area (Å²) in [6.45, 7) is 2.13. The molecule has 0 aromatic carbocycles. The van der Waals surface area contributed by atoms with Gasteiger partial charge in [-0.1, -0.05) is 15.9 Å². The number of hydrogen-bond donors (Lipinski definition) is 0. The molecule has 1 amide bonds. The third-order valence-electron chi connectivity index (χ3n) is 4.80. The molecular weight excluding hydrogens is 254 g/mol. The molecule has 4 unspecified atom stereocenters. The lowest BCUT2D eigenvalue weighted by Crippen LogP contribution is -2.30. The van der Waals surface area contributed by atoms with Gasteiger partial charge in [0.1, 0.15) is 0 Å². The first-order chi connectivity index (χ1) is 7.29. The van der Waals surface area contributed by atoms with Gasteiger partial charge >= 0.3 is 0 Å². The Morgan fingerprint density at radius 1 is 1.20 bits per heavy atom. The van der Waals surface area contributed by atoms with Crippen LogP contribution in [0.4, 0.5) is 0 Å². The summed E-state index contributed by atoms with van der Waals surface area (Å²) in [7, 11) is 0. The number of nitrogens with zero attached hydrogens (tertiary/aromatic N) is 1. The molecule has 0 spiro atoms. The van der Waals surface area contributed by atoms with Gasteiger partial charge < -0.3 is 4.90 Å². The molecule has 1 saturated heterocycles. The predicted octanol–water partition coefficient (Wildman–Crippen LogP) is 2.28. The van der Waals surface area contributed by atoms with Gasteiger partial charge in [0.25, 0.3) is 0 Å². The van der Waals surface area contributed by atoms with Crippen molar-refractivity contribution in [2.75, 3.05) is 18.4 Å². The van der Waals surface area contributed by atoms with E-state index in [4.69, 9.17) is 0 Å². The van der Waals surface area contributed by atoms with Crippen LogP contribution in [0.1, 0.15) is 25.7 Å². The molecule has 0 radical (unpaired) electrons. The Hall–Kier alpha value is -0.0500. The van der Waals surface area contributed by atoms with Gasteiger partial charge in [-0.2, -0.15) is 0 Å². The molecule has 1 aliphatic heterocycles. The molecule has 15 heavy (non-hydrogen) atoms. The zero-order valence-electron chi connectivity index (χ0n) is 8.99. The first kappa shape index (κ1) is 10.1. The minimum atomic E-state index is 0.362. The molecule has 2 nitrogen and oxygen atoms in total. The lowest BCUT2D eigenvalue weighted by molar-refractivity contribution is -0.130. The minimum absolute atomic E-state index is 0.362. The van der Waals surface area contributed by atoms with Gasteiger partial charge in [-0.05, 0) is 42.9 Å². The van der Waals surface area contributed by atoms with Crippen molar-refractivity contribution in [2.45, 2.75) is 25.7 Å². The summed E-state index contributed by atoms with van der Waals surface area (Å²) in [6, 6.07) is 0. The molecule has 84 valence electrons. The molecule has 2 saturated carbocycles. The Balaban J connectivity index is 1.66. The van der Waals surface area contributed by atoms with Crippen LogP contribution >= 0.6 is 15.9 Å². The largest absolute Gasteiger partial charge is 0.342 e. The zero-order chi connectivity index (χ0) is 10.4. The van der Waals surface area contributed by atoms with Gasteiger partial charge in [0.05, 0.1) is 0 Å². The van der Waals surface area contributed by atoms with Gasteiger partial charge in [0, 0.05) is 24.8 Å². The lowest BCUT2D eigenvalue weighted by Gasteiger charge is -2.22. The van der Waals surface area contributed by atoms with Crippen molar-refractivity contribution < 1.29 is 4.79 Å². The van der Waals surface area contributed by atoms with E-state index >= 15 is 0 Å². The van der Waals surface area contributed by atoms with E-state index in [0.717, 1.165) is 42.1 Å². The van der Waals surface area contributed by atoms with Crippen LogP contribution in [0.2, 0.25) is 0 Å². The van der Waals surface area contributed by atoms with E-state index in [2.05, 4.69) is 20.8 Å². The second-order valence-corrected chi connectivity index (χ2v) is 6.19. The standard InChI is InChI=1S/C12H18BrNO/c13-4-3-12(15)14-6-10-8-1-2-9(5-8)11(10)7-14/h8-11H,1-7H2. The van der Waals surface area contributed by atoms with Gasteiger partial charge in [0.15, 0.2) is 0 Å². The molecule has 3 rings (SSSR count). The van der Waals surface area contributed by atoms with Crippen molar-refractivity contribution >= 4 is 21.8 Å². The van der Waals surface area contributed by atoms with Crippen molar-refractivity contribution in [1.29, 1.82) is 0 Å². The fourth-order valence-corrected chi connectivity index (χ4v) is 4.46. The van der Waals surface area contributed by atoms with Crippen molar-refractivity contribution in [3.63, 3.8) is 0 Å². The van der Waals surface area contributed by atoms with E-state index in [1.165, 1.54) is 19.3 Å². The summed E-state index contributed by atoms with van der Waals surface area (Å²) in [6.07, 6.45) is 5.02. The van der Waals surface area contributed by atoms with Crippen LogP contribution in [0.15, 0.2) is 0 Å². The number of carbonyl (C=O) groups excluding carboxylic acids is 1. The second-order valence-electron chi connectivity index (χ2n) is 5.40. The second kappa shape index (κ2) is 3.76. The fourth-order valence-electron chi connectivity index (χ4n) is 4.12. The van der Waals surface area contributed by atoms with Crippen LogP contribution in [-0.4, -0.2) is 29.2 Å². The number of halogens is 1. The van der Waals surface area contributed by atoms with Crippen LogP contribution in [0.3, 0.4) is 0 Å². The maximum Gasteiger partial charge on any atom is 0.223 e. The van der Waals surface area contributed by atoms with Crippen molar-refractivity contribution in [3.05, 3.63) is 0 Å². The molecule has 0 N–H and O–H groups in total. The van der Waals surface area contributed by atoms with Gasteiger partial charge in [-0.3, -0.25) is 4.79 Å². The Bertz CT molecular complexity index is 263. The summed E-state index contributed by atoms with van der Waals surface area (Å²) in [5, 5.41) is 0.810. The topological polar surface area (TPSA) is 20.3 Å². The highest BCUT2D eigenvalue weighted by Gasteiger charge is 2.52. The highest BCUT2D eigenvalue weighted by Crippen LogP contribution is 2.55. The van der Waals surface area contributed by atoms with Gasteiger partial charge in [-0.25, -0.2) is 0 Å². The number of likely N-dealkylation sites (tertiary alicyclic amines) is 1. The Labute approximate surface area is 99.5 Å². The summed E-state index contributed by atoms with van der Waals surface area (Å²) >= 11 is 3.35. The van der Waals surface area contributed by atoms with Crippen molar-refractivity contribution in [3.8, 4) is 0 Å². The predicted molar refractivity (Wildman–Crippen MR) is 62.8 cm³/mol. The van der Waals surface area contributed by atoms with E-state index in [-0.39, 0.29) is 0 Å². The normalized spacial score (nSPS) is 42.3. The van der Waals surface area contributed by atoms with Crippen LogP contribution < -0.4 is 0 Å². The maximum absolute atomic E-state index is 11.8. The third-order valence-corrected chi connectivity index (χ3v) is 5.19. The Kier molecular flexibility index (Phi) is 2.54. The smallest absolute Gasteiger partial charge is 0.223 e. The Morgan fingerprint density at radius 3 is 2.33 bits per heavy atom. The van der Waals surface area contributed by atoms with Gasteiger partial charge in [-0.15, -0.1) is 0 Å². The molecule has 2 bridgehead atoms. The summed E-state index contributed by atoms with van der Waals surface area (Å²) in [5.41, 5.74) is 0. The van der Waals surface area contributed by atoms with Crippen LogP contribution in [0.25, 0.3) is 0 Å². The Morgan fingerprint density at radius 2 is 1.80 bits per heavy atom. The summed E-state index contributed by atoms with van der Waals surface area (Å²) < 4.78 is 0. The maximum atomic E-state index is 11.8. The van der Waals surface area contributed by atoms with Crippen LogP contribution in [0, 0.1) is 23.7 Å². The molecule has 2 aliphatic carbocycles. The quantitative estimate of drug-likeness (QED) is 0.706. The molecule has 0 aromatic rings. The molecular formula is C12H18BrNO. The molecule has 0 aromatic heterocycles. The molecule has 1 heterocycles. The van der Waals surface area contributed by atoms with E-state index in [1.807, 2.05) is 0 Å². The van der Waals surface area contributed by atoms with Crippen molar-refractivity contribution in [1.82, 2.24) is 4.90 Å². The first-order valence-electron chi connectivity index (χ1n) is 6.13. The minimum Gasteiger partial charge on any atom is -0.342 e. The first-order valence-corrected chi connectivity index (χ1v) is 7.25. The third kappa shape index (κ3) is 1.54. The highest BCUT2D eigenvalue weighted by molar-refractivity contribution is 9.09.